The predicted octanol–water partition coefficient (Wildman–Crippen LogP) is 3.03. The van der Waals surface area contributed by atoms with Crippen LogP contribution in [0.2, 0.25) is 0 Å². The van der Waals surface area contributed by atoms with E-state index < -0.39 is 5.79 Å². The second kappa shape index (κ2) is 3.96. The third kappa shape index (κ3) is 1.12. The second-order valence-corrected chi connectivity index (χ2v) is 6.85. The predicted molar refractivity (Wildman–Crippen MR) is 79.5 cm³/mol. The highest BCUT2D eigenvalue weighted by atomic mass is 16.7. The molecule has 1 aliphatic heterocycles. The van der Waals surface area contributed by atoms with E-state index in [0.29, 0.717) is 0 Å². The molecule has 0 aromatic heterocycles. The molecule has 0 radical (unpaired) electrons. The van der Waals surface area contributed by atoms with Crippen LogP contribution in [0.4, 0.5) is 0 Å². The minimum atomic E-state index is -1.08. The summed E-state index contributed by atoms with van der Waals surface area (Å²) in [5.41, 5.74) is -0.336. The molecule has 0 aromatic rings. The fraction of sp³-hybridized carbons (Fsp3) is 0.611. The van der Waals surface area contributed by atoms with Gasteiger partial charge in [-0.15, -0.1) is 13.2 Å². The quantitative estimate of drug-likeness (QED) is 0.745. The fourth-order valence-electron chi connectivity index (χ4n) is 5.92. The van der Waals surface area contributed by atoms with Crippen LogP contribution >= 0.6 is 0 Å². The number of ketones is 1. The summed E-state index contributed by atoms with van der Waals surface area (Å²) >= 11 is 0. The molecule has 0 unspecified atom stereocenters. The Hall–Kier alpha value is -1.19. The maximum absolute atomic E-state index is 13.1. The maximum Gasteiger partial charge on any atom is 0.236 e. The first-order chi connectivity index (χ1) is 10.1. The first-order valence-corrected chi connectivity index (χ1v) is 7.83. The Morgan fingerprint density at radius 2 is 2.29 bits per heavy atom. The van der Waals surface area contributed by atoms with Crippen molar-refractivity contribution in [3.8, 4) is 0 Å². The van der Waals surface area contributed by atoms with Gasteiger partial charge in [-0.05, 0) is 25.7 Å². The van der Waals surface area contributed by atoms with Crippen molar-refractivity contribution in [3.05, 3.63) is 37.5 Å². The number of hydrogen-bond donors (Lipinski definition) is 0. The van der Waals surface area contributed by atoms with Crippen LogP contribution in [0.3, 0.4) is 0 Å². The molecule has 0 spiro atoms. The lowest BCUT2D eigenvalue weighted by atomic mass is 9.39. The Morgan fingerprint density at radius 3 is 2.95 bits per heavy atom. The SMILES string of the molecule is C=CC[C@]12[C@@H]3CCC[C@@]1(C=C)[C@@H]1C=C[C@H]2[C@](OC)(O3)C1=O. The molecule has 3 fully saturated rings. The minimum Gasteiger partial charge on any atom is -0.346 e. The average molecular weight is 286 g/mol. The number of hydrogen-bond acceptors (Lipinski definition) is 3. The molecule has 3 nitrogen and oxygen atoms in total. The Labute approximate surface area is 125 Å². The van der Waals surface area contributed by atoms with Crippen LogP contribution in [0.5, 0.6) is 0 Å². The Kier molecular flexibility index (Phi) is 2.54. The van der Waals surface area contributed by atoms with Crippen LogP contribution in [0.25, 0.3) is 0 Å². The lowest BCUT2D eigenvalue weighted by Gasteiger charge is -2.62. The van der Waals surface area contributed by atoms with Gasteiger partial charge in [0.05, 0.1) is 12.0 Å². The highest BCUT2D eigenvalue weighted by molar-refractivity contribution is 5.95. The van der Waals surface area contributed by atoms with Crippen molar-refractivity contribution in [1.29, 1.82) is 0 Å². The van der Waals surface area contributed by atoms with Crippen molar-refractivity contribution in [2.75, 3.05) is 7.11 Å². The molecular weight excluding hydrogens is 264 g/mol. The summed E-state index contributed by atoms with van der Waals surface area (Å²) in [4.78, 5) is 13.1. The van der Waals surface area contributed by atoms with Crippen molar-refractivity contribution in [2.45, 2.75) is 37.6 Å². The molecular formula is C18H22O3. The summed E-state index contributed by atoms with van der Waals surface area (Å²) < 4.78 is 12.0. The molecule has 0 aromatic carbocycles. The second-order valence-electron chi connectivity index (χ2n) is 6.85. The summed E-state index contributed by atoms with van der Waals surface area (Å²) in [5, 5.41) is 0. The van der Waals surface area contributed by atoms with E-state index in [-0.39, 0.29) is 34.6 Å². The number of methoxy groups -OCH3 is 1. The number of carbonyl (C=O) groups excluding carboxylic acids is 1. The average Bonchev–Trinajstić information content (AvgIpc) is 2.80. The molecule has 6 atom stereocenters. The zero-order valence-electron chi connectivity index (χ0n) is 12.5. The number of ether oxygens (including phenoxy) is 2. The van der Waals surface area contributed by atoms with Gasteiger partial charge >= 0.3 is 0 Å². The van der Waals surface area contributed by atoms with Gasteiger partial charge in [-0.25, -0.2) is 0 Å². The molecule has 0 N–H and O–H groups in total. The van der Waals surface area contributed by atoms with Crippen molar-refractivity contribution in [2.24, 2.45) is 22.7 Å². The van der Waals surface area contributed by atoms with E-state index in [9.17, 15) is 4.79 Å². The van der Waals surface area contributed by atoms with Gasteiger partial charge in [-0.3, -0.25) is 4.79 Å². The molecule has 4 bridgehead atoms. The first kappa shape index (κ1) is 13.5. The largest absolute Gasteiger partial charge is 0.346 e. The van der Waals surface area contributed by atoms with E-state index in [1.807, 2.05) is 12.2 Å². The van der Waals surface area contributed by atoms with Crippen LogP contribution in [-0.4, -0.2) is 24.8 Å². The van der Waals surface area contributed by atoms with Gasteiger partial charge < -0.3 is 9.47 Å². The van der Waals surface area contributed by atoms with Gasteiger partial charge in [0.2, 0.25) is 5.79 Å². The first-order valence-electron chi connectivity index (χ1n) is 7.83. The zero-order chi connectivity index (χ0) is 14.9. The maximum atomic E-state index is 13.1. The Morgan fingerprint density at radius 1 is 1.48 bits per heavy atom. The van der Waals surface area contributed by atoms with Gasteiger partial charge in [-0.1, -0.05) is 24.3 Å². The zero-order valence-corrected chi connectivity index (χ0v) is 12.5. The monoisotopic (exact) mass is 286 g/mol. The van der Waals surface area contributed by atoms with Crippen LogP contribution in [0.15, 0.2) is 37.5 Å². The summed E-state index contributed by atoms with van der Waals surface area (Å²) in [6, 6.07) is 0. The Bertz CT molecular complexity index is 565. The van der Waals surface area contributed by atoms with Crippen molar-refractivity contribution in [3.63, 3.8) is 0 Å². The lowest BCUT2D eigenvalue weighted by Crippen LogP contribution is -2.67. The fourth-order valence-corrected chi connectivity index (χ4v) is 5.92. The molecule has 4 aliphatic carbocycles. The lowest BCUT2D eigenvalue weighted by molar-refractivity contribution is -0.226. The van der Waals surface area contributed by atoms with Crippen LogP contribution < -0.4 is 0 Å². The molecule has 1 saturated heterocycles. The molecule has 2 saturated carbocycles. The van der Waals surface area contributed by atoms with Crippen molar-refractivity contribution < 1.29 is 14.3 Å². The van der Waals surface area contributed by atoms with Crippen LogP contribution in [0.1, 0.15) is 25.7 Å². The standard InChI is InChI=1S/C18H22O3/c1-4-10-17-13-9-8-12-15(19)18(13,20-3)21-14(17)7-6-11-16(12,17)5-2/h4-5,8-9,12-14H,1-2,6-7,10-11H2,3H3/t12-,13-,14+,16+,17+,18+/m1/s1. The van der Waals surface area contributed by atoms with E-state index in [1.165, 1.54) is 0 Å². The number of carbonyl (C=O) groups is 1. The molecule has 112 valence electrons. The molecule has 21 heavy (non-hydrogen) atoms. The third-order valence-corrected chi connectivity index (χ3v) is 6.61. The van der Waals surface area contributed by atoms with Crippen molar-refractivity contribution in [1.82, 2.24) is 0 Å². The smallest absolute Gasteiger partial charge is 0.236 e. The number of rotatable bonds is 4. The minimum absolute atomic E-state index is 0.0335. The van der Waals surface area contributed by atoms with E-state index in [1.54, 1.807) is 7.11 Å². The molecule has 1 heterocycles. The molecule has 5 rings (SSSR count). The van der Waals surface area contributed by atoms with Gasteiger partial charge in [0, 0.05) is 23.9 Å². The van der Waals surface area contributed by atoms with Crippen LogP contribution in [-0.2, 0) is 14.3 Å². The highest BCUT2D eigenvalue weighted by Crippen LogP contribution is 2.74. The van der Waals surface area contributed by atoms with Gasteiger partial charge in [0.15, 0.2) is 5.78 Å². The van der Waals surface area contributed by atoms with Gasteiger partial charge in [-0.2, -0.15) is 0 Å². The van der Waals surface area contributed by atoms with Gasteiger partial charge in [0.1, 0.15) is 0 Å². The number of Topliss-reactive ketones (excluding diaryl/α,β-unsaturated/α-hetero) is 1. The molecule has 3 heteroatoms. The Balaban J connectivity index is 2.03. The number of allylic oxidation sites excluding steroid dienone is 3. The molecule has 5 aliphatic rings. The van der Waals surface area contributed by atoms with Crippen LogP contribution in [0, 0.1) is 22.7 Å². The normalized spacial score (nSPS) is 53.0. The van der Waals surface area contributed by atoms with E-state index >= 15 is 0 Å². The highest BCUT2D eigenvalue weighted by Gasteiger charge is 2.80. The summed E-state index contributed by atoms with van der Waals surface area (Å²) in [6.07, 6.45) is 12.2. The van der Waals surface area contributed by atoms with E-state index in [0.717, 1.165) is 25.7 Å². The molecule has 0 amide bonds. The van der Waals surface area contributed by atoms with Gasteiger partial charge in [0.25, 0.3) is 0 Å². The van der Waals surface area contributed by atoms with Crippen molar-refractivity contribution >= 4 is 5.78 Å². The summed E-state index contributed by atoms with van der Waals surface area (Å²) in [6.45, 7) is 8.10. The van der Waals surface area contributed by atoms with E-state index in [2.05, 4.69) is 25.3 Å². The summed E-state index contributed by atoms with van der Waals surface area (Å²) in [5.74, 6) is -1.20. The third-order valence-electron chi connectivity index (χ3n) is 6.61. The summed E-state index contributed by atoms with van der Waals surface area (Å²) in [7, 11) is 1.60. The topological polar surface area (TPSA) is 35.5 Å². The van der Waals surface area contributed by atoms with E-state index in [4.69, 9.17) is 9.47 Å².